The van der Waals surface area contributed by atoms with E-state index in [4.69, 9.17) is 16.0 Å². The fourth-order valence-electron chi connectivity index (χ4n) is 3.30. The number of carbonyl (C=O) groups is 1. The van der Waals surface area contributed by atoms with Gasteiger partial charge in [-0.1, -0.05) is 44.5 Å². The van der Waals surface area contributed by atoms with Crippen molar-refractivity contribution in [3.05, 3.63) is 46.0 Å². The lowest BCUT2D eigenvalue weighted by Crippen LogP contribution is -2.42. The van der Waals surface area contributed by atoms with Crippen LogP contribution in [-0.4, -0.2) is 20.7 Å². The predicted octanol–water partition coefficient (Wildman–Crippen LogP) is 6.19. The monoisotopic (exact) mass is 374 g/mol. The van der Waals surface area contributed by atoms with E-state index in [2.05, 4.69) is 39.9 Å². The molecule has 0 atom stereocenters. The molecule has 25 heavy (non-hydrogen) atoms. The van der Waals surface area contributed by atoms with Gasteiger partial charge >= 0.3 is 0 Å². The molecule has 0 heterocycles. The Morgan fingerprint density at radius 3 is 2.60 bits per heavy atom. The smallest absolute Gasteiger partial charge is 0.192 e. The molecule has 134 valence electrons. The van der Waals surface area contributed by atoms with E-state index < -0.39 is 8.32 Å². The van der Waals surface area contributed by atoms with Gasteiger partial charge in [-0.15, -0.1) is 0 Å². The number of fused-ring (bicyclic) bond motifs is 2. The van der Waals surface area contributed by atoms with Crippen molar-refractivity contribution in [2.24, 2.45) is 0 Å². The predicted molar refractivity (Wildman–Crippen MR) is 108 cm³/mol. The van der Waals surface area contributed by atoms with Gasteiger partial charge in [-0.2, -0.15) is 0 Å². The number of carbonyl (C=O) groups excluding carboxylic acids is 1. The number of halogens is 1. The van der Waals surface area contributed by atoms with Crippen LogP contribution in [0, 0.1) is 0 Å². The second-order valence-electron chi connectivity index (χ2n) is 8.55. The first-order chi connectivity index (χ1) is 11.6. The van der Waals surface area contributed by atoms with Crippen LogP contribution < -0.4 is 0 Å². The largest absolute Gasteiger partial charge is 0.409 e. The molecule has 0 amide bonds. The second kappa shape index (κ2) is 6.53. The van der Waals surface area contributed by atoms with E-state index in [1.54, 1.807) is 0 Å². The van der Waals surface area contributed by atoms with Crippen molar-refractivity contribution in [3.63, 3.8) is 0 Å². The highest BCUT2D eigenvalue weighted by atomic mass is 35.5. The summed E-state index contributed by atoms with van der Waals surface area (Å²) in [5, 5.41) is 2.76. The van der Waals surface area contributed by atoms with Crippen LogP contribution in [0.5, 0.6) is 0 Å². The molecular weight excluding hydrogens is 348 g/mol. The van der Waals surface area contributed by atoms with E-state index >= 15 is 0 Å². The Morgan fingerprint density at radius 2 is 1.92 bits per heavy atom. The van der Waals surface area contributed by atoms with Crippen molar-refractivity contribution in [1.82, 2.24) is 0 Å². The molecule has 2 aromatic carbocycles. The van der Waals surface area contributed by atoms with Crippen molar-refractivity contribution in [2.75, 3.05) is 6.61 Å². The van der Waals surface area contributed by atoms with Gasteiger partial charge in [-0.05, 0) is 66.0 Å². The maximum absolute atomic E-state index is 13.2. The van der Waals surface area contributed by atoms with Crippen molar-refractivity contribution in [1.29, 1.82) is 0 Å². The molecule has 0 aromatic heterocycles. The average Bonchev–Trinajstić information content (AvgIpc) is 2.98. The van der Waals surface area contributed by atoms with E-state index in [-0.39, 0.29) is 17.4 Å². The fourth-order valence-corrected chi connectivity index (χ4v) is 4.46. The van der Waals surface area contributed by atoms with Gasteiger partial charge in [0.05, 0.1) is 6.61 Å². The van der Waals surface area contributed by atoms with Crippen molar-refractivity contribution in [2.45, 2.75) is 58.2 Å². The molecule has 0 N–H and O–H groups in total. The molecule has 1 aliphatic rings. The van der Waals surface area contributed by atoms with Crippen LogP contribution in [0.3, 0.4) is 0 Å². The highest BCUT2D eigenvalue weighted by Gasteiger charge is 2.38. The Bertz CT molecular complexity index is 834. The van der Waals surface area contributed by atoms with Crippen LogP contribution in [-0.2, 0) is 17.3 Å². The molecule has 4 heteroatoms. The van der Waals surface area contributed by atoms with Crippen molar-refractivity contribution >= 4 is 36.5 Å². The van der Waals surface area contributed by atoms with Crippen LogP contribution >= 0.6 is 11.6 Å². The third-order valence-corrected chi connectivity index (χ3v) is 10.7. The Kier molecular flexibility index (Phi) is 4.86. The van der Waals surface area contributed by atoms with Crippen molar-refractivity contribution < 1.29 is 9.22 Å². The molecule has 1 aliphatic carbocycles. The first-order valence-corrected chi connectivity index (χ1v) is 12.3. The summed E-state index contributed by atoms with van der Waals surface area (Å²) in [6.45, 7) is 11.1. The maximum Gasteiger partial charge on any atom is 0.192 e. The first-order valence-electron chi connectivity index (χ1n) is 9.02. The normalized spacial score (nSPS) is 14.8. The number of rotatable bonds is 4. The van der Waals surface area contributed by atoms with E-state index in [9.17, 15) is 4.79 Å². The van der Waals surface area contributed by atoms with E-state index in [0.29, 0.717) is 5.02 Å². The lowest BCUT2D eigenvalue weighted by molar-refractivity contribution is 0.0912. The van der Waals surface area contributed by atoms with Gasteiger partial charge in [0.25, 0.3) is 0 Å². The summed E-state index contributed by atoms with van der Waals surface area (Å²) in [4.78, 5) is 13.2. The minimum atomic E-state index is -1.95. The molecule has 0 bridgehead atoms. The molecule has 0 spiro atoms. The third kappa shape index (κ3) is 3.42. The molecule has 0 aliphatic heterocycles. The zero-order valence-corrected chi connectivity index (χ0v) is 17.6. The fraction of sp³-hybridized carbons (Fsp3) is 0.476. The van der Waals surface area contributed by atoms with Gasteiger partial charge in [0.15, 0.2) is 14.1 Å². The zero-order chi connectivity index (χ0) is 18.4. The summed E-state index contributed by atoms with van der Waals surface area (Å²) in [7, 11) is -1.95. The van der Waals surface area contributed by atoms with Crippen LogP contribution in [0.15, 0.2) is 24.3 Å². The third-order valence-electron chi connectivity index (χ3n) is 5.85. The topological polar surface area (TPSA) is 26.3 Å². The molecule has 3 rings (SSSR count). The summed E-state index contributed by atoms with van der Waals surface area (Å²) in [5.74, 6) is 0.0934. The lowest BCUT2D eigenvalue weighted by atomic mass is 9.93. The van der Waals surface area contributed by atoms with Crippen molar-refractivity contribution in [3.8, 4) is 0 Å². The number of aryl methyl sites for hydroxylation is 1. The second-order valence-corrected chi connectivity index (χ2v) is 13.8. The quantitative estimate of drug-likeness (QED) is 0.471. The van der Waals surface area contributed by atoms with Crippen LogP contribution in [0.25, 0.3) is 10.8 Å². The summed E-state index contributed by atoms with van der Waals surface area (Å²) in [6.07, 6.45) is 3.10. The van der Waals surface area contributed by atoms with Gasteiger partial charge in [-0.25, -0.2) is 0 Å². The molecule has 0 unspecified atom stereocenters. The molecule has 0 saturated heterocycles. The van der Waals surface area contributed by atoms with Gasteiger partial charge in [0.2, 0.25) is 0 Å². The number of benzene rings is 2. The lowest BCUT2D eigenvalue weighted by Gasteiger charge is -2.36. The highest BCUT2D eigenvalue weighted by Crippen LogP contribution is 2.38. The number of Topliss-reactive ketones (excluding diaryl/α,β-unsaturated/α-hetero) is 1. The molecule has 0 saturated carbocycles. The average molecular weight is 375 g/mol. The van der Waals surface area contributed by atoms with Gasteiger partial charge < -0.3 is 4.43 Å². The number of hydrogen-bond acceptors (Lipinski definition) is 2. The number of hydrogen-bond donors (Lipinski definition) is 0. The first kappa shape index (κ1) is 18.6. The Balaban J connectivity index is 2.01. The Labute approximate surface area is 156 Å². The minimum absolute atomic E-state index is 0.0934. The standard InChI is InChI=1S/C21H27ClO2Si/c1-21(2,3)25(4,5)24-13-19(23)20-15-9-6-8-14(15)12-17-16(20)10-7-11-18(17)22/h7,10-12H,6,8-9,13H2,1-5H3. The SMILES string of the molecule is CC(C)(C)[Si](C)(C)OCC(=O)c1c2c(cc3c(Cl)cccc13)CCC2. The minimum Gasteiger partial charge on any atom is -0.409 e. The molecule has 0 fully saturated rings. The summed E-state index contributed by atoms with van der Waals surface area (Å²) >= 11 is 6.41. The number of ketones is 1. The van der Waals surface area contributed by atoms with E-state index in [1.165, 1.54) is 11.1 Å². The van der Waals surface area contributed by atoms with Gasteiger partial charge in [-0.3, -0.25) is 4.79 Å². The summed E-state index contributed by atoms with van der Waals surface area (Å²) in [6, 6.07) is 8.01. The Morgan fingerprint density at radius 1 is 1.20 bits per heavy atom. The molecule has 2 nitrogen and oxygen atoms in total. The highest BCUT2D eigenvalue weighted by molar-refractivity contribution is 6.74. The van der Waals surface area contributed by atoms with Crippen LogP contribution in [0.1, 0.15) is 48.7 Å². The summed E-state index contributed by atoms with van der Waals surface area (Å²) in [5.41, 5.74) is 3.32. The van der Waals surface area contributed by atoms with E-state index in [0.717, 1.165) is 35.6 Å². The van der Waals surface area contributed by atoms with E-state index in [1.807, 2.05) is 18.2 Å². The van der Waals surface area contributed by atoms with Gasteiger partial charge in [0, 0.05) is 16.0 Å². The Hall–Kier alpha value is -1.16. The zero-order valence-electron chi connectivity index (χ0n) is 15.8. The molecular formula is C21H27ClO2Si. The molecule has 0 radical (unpaired) electrons. The summed E-state index contributed by atoms with van der Waals surface area (Å²) < 4.78 is 6.21. The van der Waals surface area contributed by atoms with Crippen LogP contribution in [0.4, 0.5) is 0 Å². The maximum atomic E-state index is 13.2. The molecule has 2 aromatic rings. The van der Waals surface area contributed by atoms with Gasteiger partial charge in [0.1, 0.15) is 0 Å². The van der Waals surface area contributed by atoms with Crippen LogP contribution in [0.2, 0.25) is 23.2 Å².